The number of carbonyl (C=O) groups is 2. The Kier molecular flexibility index (Phi) is 7.35. The fourth-order valence-corrected chi connectivity index (χ4v) is 5.29. The van der Waals surface area contributed by atoms with Crippen molar-refractivity contribution in [1.82, 2.24) is 14.9 Å². The highest BCUT2D eigenvalue weighted by atomic mass is 19.4. The van der Waals surface area contributed by atoms with E-state index in [9.17, 15) is 22.8 Å². The third-order valence-corrected chi connectivity index (χ3v) is 7.19. The van der Waals surface area contributed by atoms with E-state index < -0.39 is 24.2 Å². The van der Waals surface area contributed by atoms with Crippen LogP contribution in [0.4, 0.5) is 24.5 Å². The van der Waals surface area contributed by atoms with Crippen LogP contribution in [0.25, 0.3) is 0 Å². The maximum atomic E-state index is 13.1. The Labute approximate surface area is 224 Å². The van der Waals surface area contributed by atoms with Gasteiger partial charge in [-0.25, -0.2) is 9.78 Å². The summed E-state index contributed by atoms with van der Waals surface area (Å²) >= 11 is 0. The highest BCUT2D eigenvalue weighted by Gasteiger charge is 2.44. The minimum atomic E-state index is -5.17. The molecule has 0 bridgehead atoms. The molecule has 1 amide bonds. The van der Waals surface area contributed by atoms with Crippen LogP contribution in [-0.2, 0) is 33.8 Å². The van der Waals surface area contributed by atoms with E-state index in [0.717, 1.165) is 50.1 Å². The molecule has 1 unspecified atom stereocenters. The molecule has 2 aromatic carbocycles. The van der Waals surface area contributed by atoms with Gasteiger partial charge in [-0.05, 0) is 49.6 Å². The van der Waals surface area contributed by atoms with Crippen molar-refractivity contribution in [2.45, 2.75) is 64.1 Å². The Morgan fingerprint density at radius 3 is 2.67 bits per heavy atom. The summed E-state index contributed by atoms with van der Waals surface area (Å²) in [6.45, 7) is 5.61. The zero-order valence-electron chi connectivity index (χ0n) is 21.7. The summed E-state index contributed by atoms with van der Waals surface area (Å²) in [6, 6.07) is 15.0. The number of ether oxygens (including phenoxy) is 1. The number of halogens is 3. The van der Waals surface area contributed by atoms with Gasteiger partial charge in [-0.1, -0.05) is 30.3 Å². The number of aromatic nitrogens is 2. The monoisotopic (exact) mass is 541 g/mol. The zero-order chi connectivity index (χ0) is 27.7. The maximum absolute atomic E-state index is 13.1. The summed E-state index contributed by atoms with van der Waals surface area (Å²) < 4.78 is 44.7. The number of esters is 1. The van der Waals surface area contributed by atoms with Gasteiger partial charge in [0.25, 0.3) is 5.91 Å². The highest BCUT2D eigenvalue weighted by molar-refractivity contribution is 5.99. The van der Waals surface area contributed by atoms with Crippen LogP contribution in [0, 0.1) is 0 Å². The fourth-order valence-electron chi connectivity index (χ4n) is 5.29. The van der Waals surface area contributed by atoms with Crippen molar-refractivity contribution in [2.24, 2.45) is 0 Å². The second-order valence-electron chi connectivity index (χ2n) is 9.96. The molecular weight excluding hydrogens is 511 g/mol. The molecule has 1 aromatic heterocycles. The van der Waals surface area contributed by atoms with Crippen molar-refractivity contribution >= 4 is 23.3 Å². The van der Waals surface area contributed by atoms with Gasteiger partial charge < -0.3 is 24.8 Å². The van der Waals surface area contributed by atoms with E-state index >= 15 is 0 Å². The molecule has 0 saturated carbocycles. The summed E-state index contributed by atoms with van der Waals surface area (Å²) in [6.07, 6.45) is -3.51. The lowest BCUT2D eigenvalue weighted by atomic mass is 9.91. The van der Waals surface area contributed by atoms with E-state index in [1.165, 1.54) is 16.2 Å². The molecule has 2 N–H and O–H groups in total. The van der Waals surface area contributed by atoms with E-state index in [4.69, 9.17) is 0 Å². The van der Waals surface area contributed by atoms with Crippen LogP contribution in [0.2, 0.25) is 0 Å². The molecule has 0 saturated heterocycles. The molecule has 0 radical (unpaired) electrons. The Bertz CT molecular complexity index is 1360. The molecule has 11 heteroatoms. The average Bonchev–Trinajstić information content (AvgIpc) is 3.31. The van der Waals surface area contributed by atoms with Crippen LogP contribution >= 0.6 is 0 Å². The largest absolute Gasteiger partial charge is 0.490 e. The molecule has 39 heavy (non-hydrogen) atoms. The number of imidazole rings is 1. The number of anilines is 2. The Balaban J connectivity index is 1.29. The lowest BCUT2D eigenvalue weighted by molar-refractivity contribution is -0.204. The SMILES string of the molecule is CC(OC(=O)C(F)(F)F)C(=O)N1c2ccccc2[C@H](Nc2ccc(Cc3cnc4n3CCNC4)cc2)C[C@@H]1C. The number of amides is 1. The van der Waals surface area contributed by atoms with Gasteiger partial charge in [0.05, 0.1) is 12.6 Å². The van der Waals surface area contributed by atoms with Crippen LogP contribution < -0.4 is 15.5 Å². The van der Waals surface area contributed by atoms with Crippen molar-refractivity contribution in [1.29, 1.82) is 0 Å². The van der Waals surface area contributed by atoms with Crippen molar-refractivity contribution in [3.05, 3.63) is 77.4 Å². The van der Waals surface area contributed by atoms with Gasteiger partial charge in [-0.3, -0.25) is 4.79 Å². The first-order chi connectivity index (χ1) is 18.6. The average molecular weight is 542 g/mol. The molecule has 0 fully saturated rings. The summed E-state index contributed by atoms with van der Waals surface area (Å²) in [5.41, 5.74) is 4.67. The summed E-state index contributed by atoms with van der Waals surface area (Å²) in [5, 5.41) is 6.87. The number of para-hydroxylation sites is 1. The molecule has 3 heterocycles. The molecule has 3 atom stereocenters. The topological polar surface area (TPSA) is 88.5 Å². The molecular formula is C28H30F3N5O3. The normalized spacial score (nSPS) is 19.6. The van der Waals surface area contributed by atoms with Gasteiger partial charge in [-0.15, -0.1) is 0 Å². The Morgan fingerprint density at radius 2 is 1.92 bits per heavy atom. The highest BCUT2D eigenvalue weighted by Crippen LogP contribution is 2.39. The number of hydrogen-bond donors (Lipinski definition) is 2. The molecule has 8 nitrogen and oxygen atoms in total. The van der Waals surface area contributed by atoms with E-state index in [2.05, 4.69) is 37.1 Å². The lowest BCUT2D eigenvalue weighted by Crippen LogP contribution is -2.49. The summed E-state index contributed by atoms with van der Waals surface area (Å²) in [4.78, 5) is 30.3. The van der Waals surface area contributed by atoms with E-state index in [1.54, 1.807) is 12.1 Å². The number of hydrogen-bond acceptors (Lipinski definition) is 6. The second kappa shape index (κ2) is 10.7. The number of rotatable bonds is 6. The number of carbonyl (C=O) groups excluding carboxylic acids is 2. The number of benzene rings is 2. The number of alkyl halides is 3. The number of nitrogens with one attached hydrogen (secondary N) is 2. The van der Waals surface area contributed by atoms with Crippen molar-refractivity contribution < 1.29 is 27.5 Å². The molecule has 0 spiro atoms. The van der Waals surface area contributed by atoms with Gasteiger partial charge >= 0.3 is 12.1 Å². The molecule has 2 aliphatic heterocycles. The first-order valence-electron chi connectivity index (χ1n) is 12.9. The summed E-state index contributed by atoms with van der Waals surface area (Å²) in [5.74, 6) is -2.03. The standard InChI is InChI=1S/C28H30F3N5O3/c1-17-13-23(22-5-3-4-6-24(22)36(17)26(37)18(2)39-27(38)28(29,30)31)34-20-9-7-19(8-10-20)14-21-15-33-25-16-32-11-12-35(21)25/h3-10,15,17-18,23,32,34H,11-14,16H2,1-2H3/t17-,18?,23+/m0/s1. The van der Waals surface area contributed by atoms with Gasteiger partial charge in [0, 0.05) is 48.8 Å². The van der Waals surface area contributed by atoms with E-state index in [-0.39, 0.29) is 12.1 Å². The molecule has 2 aliphatic rings. The predicted molar refractivity (Wildman–Crippen MR) is 139 cm³/mol. The van der Waals surface area contributed by atoms with Crippen molar-refractivity contribution in [3.63, 3.8) is 0 Å². The smallest absolute Gasteiger partial charge is 0.446 e. The zero-order valence-corrected chi connectivity index (χ0v) is 21.7. The van der Waals surface area contributed by atoms with Gasteiger partial charge in [0.1, 0.15) is 5.82 Å². The number of nitrogens with zero attached hydrogens (tertiary/aromatic N) is 3. The summed E-state index contributed by atoms with van der Waals surface area (Å²) in [7, 11) is 0. The van der Waals surface area contributed by atoms with Crippen molar-refractivity contribution in [2.75, 3.05) is 16.8 Å². The third kappa shape index (κ3) is 5.63. The maximum Gasteiger partial charge on any atom is 0.490 e. The van der Waals surface area contributed by atoms with Crippen LogP contribution in [0.5, 0.6) is 0 Å². The van der Waals surface area contributed by atoms with Gasteiger partial charge in [0.15, 0.2) is 6.10 Å². The first-order valence-corrected chi connectivity index (χ1v) is 12.9. The molecule has 3 aromatic rings. The lowest BCUT2D eigenvalue weighted by Gasteiger charge is -2.40. The first kappa shape index (κ1) is 26.7. The fraction of sp³-hybridized carbons (Fsp3) is 0.393. The molecule has 206 valence electrons. The number of fused-ring (bicyclic) bond motifs is 2. The third-order valence-electron chi connectivity index (χ3n) is 7.19. The quantitative estimate of drug-likeness (QED) is 0.452. The van der Waals surface area contributed by atoms with Crippen LogP contribution in [0.15, 0.2) is 54.7 Å². The minimum Gasteiger partial charge on any atom is -0.446 e. The minimum absolute atomic E-state index is 0.131. The van der Waals surface area contributed by atoms with Crippen molar-refractivity contribution in [3.8, 4) is 0 Å². The van der Waals surface area contributed by atoms with Gasteiger partial charge in [0.2, 0.25) is 0 Å². The molecule has 5 rings (SSSR count). The van der Waals surface area contributed by atoms with Gasteiger partial charge in [-0.2, -0.15) is 13.2 Å². The predicted octanol–water partition coefficient (Wildman–Crippen LogP) is 4.35. The van der Waals surface area contributed by atoms with Crippen LogP contribution in [-0.4, -0.2) is 46.3 Å². The van der Waals surface area contributed by atoms with Crippen LogP contribution in [0.1, 0.15) is 49.0 Å². The molecule has 0 aliphatic carbocycles. The Hall–Kier alpha value is -3.86. The van der Waals surface area contributed by atoms with Crippen LogP contribution in [0.3, 0.4) is 0 Å². The second-order valence-corrected chi connectivity index (χ2v) is 9.96. The van der Waals surface area contributed by atoms with E-state index in [1.807, 2.05) is 37.4 Å². The van der Waals surface area contributed by atoms with E-state index in [0.29, 0.717) is 12.1 Å². The Morgan fingerprint density at radius 1 is 1.18 bits per heavy atom.